The second-order valence-corrected chi connectivity index (χ2v) is 5.63. The number of amides is 1. The van der Waals surface area contributed by atoms with Crippen LogP contribution in [-0.2, 0) is 27.7 Å². The predicted molar refractivity (Wildman–Crippen MR) is 59.5 cm³/mol. The Labute approximate surface area is 94.7 Å². The van der Waals surface area contributed by atoms with E-state index < -0.39 is 15.9 Å². The number of nitrogens with one attached hydrogen (secondary N) is 1. The number of hydrogen-bond acceptors (Lipinski definition) is 3. The maximum atomic E-state index is 11.7. The van der Waals surface area contributed by atoms with Gasteiger partial charge in [0.25, 0.3) is 10.0 Å². The van der Waals surface area contributed by atoms with Crippen LogP contribution in [0.15, 0.2) is 23.1 Å². The molecule has 0 heterocycles. The van der Waals surface area contributed by atoms with Crippen LogP contribution in [0.4, 0.5) is 0 Å². The molecule has 1 aromatic carbocycles. The molecule has 5 heteroatoms. The number of sulfonamides is 1. The number of hydrogen-bond donors (Lipinski definition) is 1. The zero-order valence-electron chi connectivity index (χ0n) is 8.99. The lowest BCUT2D eigenvalue weighted by atomic mass is 10.1. The molecule has 0 spiro atoms. The van der Waals surface area contributed by atoms with E-state index >= 15 is 0 Å². The summed E-state index contributed by atoms with van der Waals surface area (Å²) in [6, 6.07) is 5.04. The Balaban J connectivity index is 2.38. The summed E-state index contributed by atoms with van der Waals surface area (Å²) in [4.78, 5) is 10.9. The minimum Gasteiger partial charge on any atom is -0.274 e. The summed E-state index contributed by atoms with van der Waals surface area (Å²) in [5.41, 5.74) is 2.29. The van der Waals surface area contributed by atoms with Crippen LogP contribution in [-0.4, -0.2) is 14.3 Å². The smallest absolute Gasteiger partial charge is 0.264 e. The number of carbonyl (C=O) groups excluding carboxylic acids is 1. The van der Waals surface area contributed by atoms with Gasteiger partial charge in [0.1, 0.15) is 0 Å². The van der Waals surface area contributed by atoms with Crippen LogP contribution in [0.3, 0.4) is 0 Å². The Kier molecular flexibility index (Phi) is 2.71. The third kappa shape index (κ3) is 2.09. The van der Waals surface area contributed by atoms with Gasteiger partial charge in [0.15, 0.2) is 0 Å². The van der Waals surface area contributed by atoms with Crippen LogP contribution in [0.1, 0.15) is 24.5 Å². The van der Waals surface area contributed by atoms with Crippen molar-refractivity contribution in [2.24, 2.45) is 0 Å². The molecule has 0 unspecified atom stereocenters. The summed E-state index contributed by atoms with van der Waals surface area (Å²) in [7, 11) is -3.68. The Hall–Kier alpha value is -1.36. The van der Waals surface area contributed by atoms with Crippen LogP contribution in [0.5, 0.6) is 0 Å². The largest absolute Gasteiger partial charge is 0.274 e. The zero-order chi connectivity index (χ0) is 11.8. The summed E-state index contributed by atoms with van der Waals surface area (Å²) >= 11 is 0. The van der Waals surface area contributed by atoms with Gasteiger partial charge in [-0.15, -0.1) is 0 Å². The molecule has 1 aliphatic carbocycles. The Bertz CT molecular complexity index is 534. The fraction of sp³-hybridized carbons (Fsp3) is 0.364. The quantitative estimate of drug-likeness (QED) is 0.837. The van der Waals surface area contributed by atoms with Gasteiger partial charge in [0.05, 0.1) is 4.90 Å². The highest BCUT2D eigenvalue weighted by atomic mass is 32.2. The van der Waals surface area contributed by atoms with Gasteiger partial charge in [0, 0.05) is 6.92 Å². The lowest BCUT2D eigenvalue weighted by Crippen LogP contribution is -2.28. The maximum absolute atomic E-state index is 11.7. The monoisotopic (exact) mass is 239 g/mol. The molecule has 0 saturated carbocycles. The third-order valence-corrected chi connectivity index (χ3v) is 4.09. The highest BCUT2D eigenvalue weighted by Crippen LogP contribution is 2.24. The number of rotatable bonds is 2. The lowest BCUT2D eigenvalue weighted by Gasteiger charge is -2.06. The number of carbonyl (C=O) groups is 1. The second-order valence-electron chi connectivity index (χ2n) is 3.95. The topological polar surface area (TPSA) is 63.2 Å². The summed E-state index contributed by atoms with van der Waals surface area (Å²) in [6.45, 7) is 1.19. The summed E-state index contributed by atoms with van der Waals surface area (Å²) in [6.07, 6.45) is 2.99. The molecule has 1 aromatic rings. The first-order valence-electron chi connectivity index (χ1n) is 5.14. The molecular formula is C11H13NO3S. The average Bonchev–Trinajstić information content (AvgIpc) is 2.61. The summed E-state index contributed by atoms with van der Waals surface area (Å²) in [5, 5.41) is 0. The van der Waals surface area contributed by atoms with Crippen LogP contribution < -0.4 is 4.72 Å². The Morgan fingerprint density at radius 2 is 1.94 bits per heavy atom. The van der Waals surface area contributed by atoms with Crippen molar-refractivity contribution in [3.8, 4) is 0 Å². The molecule has 1 N–H and O–H groups in total. The standard InChI is InChI=1S/C11H13NO3S/c1-8(13)12-16(14,15)11-6-5-9-3-2-4-10(9)7-11/h5-7H,2-4H2,1H3,(H,12,13). The molecule has 1 aliphatic rings. The van der Waals surface area contributed by atoms with Gasteiger partial charge in [-0.25, -0.2) is 13.1 Å². The lowest BCUT2D eigenvalue weighted by molar-refractivity contribution is -0.117. The van der Waals surface area contributed by atoms with Crippen molar-refractivity contribution in [3.05, 3.63) is 29.3 Å². The molecule has 0 fully saturated rings. The molecule has 4 nitrogen and oxygen atoms in total. The molecule has 0 aliphatic heterocycles. The van der Waals surface area contributed by atoms with Crippen molar-refractivity contribution in [1.82, 2.24) is 4.72 Å². The molecule has 16 heavy (non-hydrogen) atoms. The summed E-state index contributed by atoms with van der Waals surface area (Å²) < 4.78 is 25.4. The molecule has 1 amide bonds. The normalized spacial score (nSPS) is 14.6. The molecule has 0 saturated heterocycles. The Morgan fingerprint density at radius 3 is 2.62 bits per heavy atom. The van der Waals surface area contributed by atoms with E-state index in [1.54, 1.807) is 12.1 Å². The maximum Gasteiger partial charge on any atom is 0.264 e. The van der Waals surface area contributed by atoms with Gasteiger partial charge in [-0.05, 0) is 42.5 Å². The van der Waals surface area contributed by atoms with Crippen molar-refractivity contribution in [2.75, 3.05) is 0 Å². The van der Waals surface area contributed by atoms with Crippen molar-refractivity contribution in [2.45, 2.75) is 31.1 Å². The van der Waals surface area contributed by atoms with E-state index in [1.807, 2.05) is 10.8 Å². The van der Waals surface area contributed by atoms with Crippen LogP contribution >= 0.6 is 0 Å². The number of fused-ring (bicyclic) bond motifs is 1. The van der Waals surface area contributed by atoms with Gasteiger partial charge in [-0.2, -0.15) is 0 Å². The van der Waals surface area contributed by atoms with Crippen LogP contribution in [0.2, 0.25) is 0 Å². The van der Waals surface area contributed by atoms with Gasteiger partial charge >= 0.3 is 0 Å². The number of aryl methyl sites for hydroxylation is 2. The highest BCUT2D eigenvalue weighted by Gasteiger charge is 2.18. The number of benzene rings is 1. The molecule has 0 bridgehead atoms. The van der Waals surface area contributed by atoms with E-state index in [9.17, 15) is 13.2 Å². The fourth-order valence-electron chi connectivity index (χ4n) is 1.96. The van der Waals surface area contributed by atoms with E-state index in [0.717, 1.165) is 24.8 Å². The van der Waals surface area contributed by atoms with Crippen LogP contribution in [0.25, 0.3) is 0 Å². The van der Waals surface area contributed by atoms with Gasteiger partial charge in [-0.1, -0.05) is 6.07 Å². The Morgan fingerprint density at radius 1 is 1.25 bits per heavy atom. The van der Waals surface area contributed by atoms with E-state index in [-0.39, 0.29) is 4.90 Å². The predicted octanol–water partition coefficient (Wildman–Crippen LogP) is 1.00. The third-order valence-electron chi connectivity index (χ3n) is 2.66. The van der Waals surface area contributed by atoms with Crippen molar-refractivity contribution < 1.29 is 13.2 Å². The minimum absolute atomic E-state index is 0.170. The van der Waals surface area contributed by atoms with E-state index in [4.69, 9.17) is 0 Å². The van der Waals surface area contributed by atoms with Crippen molar-refractivity contribution in [3.63, 3.8) is 0 Å². The fourth-order valence-corrected chi connectivity index (χ4v) is 3.00. The summed E-state index contributed by atoms with van der Waals surface area (Å²) in [5.74, 6) is -0.569. The van der Waals surface area contributed by atoms with Crippen molar-refractivity contribution in [1.29, 1.82) is 0 Å². The van der Waals surface area contributed by atoms with Gasteiger partial charge < -0.3 is 0 Å². The second kappa shape index (κ2) is 3.90. The first kappa shape index (κ1) is 11.1. The van der Waals surface area contributed by atoms with Crippen molar-refractivity contribution >= 4 is 15.9 Å². The SMILES string of the molecule is CC(=O)NS(=O)(=O)c1ccc2c(c1)CCC2. The zero-order valence-corrected chi connectivity index (χ0v) is 9.80. The molecule has 0 aromatic heterocycles. The molecule has 86 valence electrons. The molecule has 0 atom stereocenters. The van der Waals surface area contributed by atoms with Gasteiger partial charge in [-0.3, -0.25) is 4.79 Å². The first-order chi connectivity index (χ1) is 7.49. The van der Waals surface area contributed by atoms with E-state index in [2.05, 4.69) is 0 Å². The highest BCUT2D eigenvalue weighted by molar-refractivity contribution is 7.90. The average molecular weight is 239 g/mol. The van der Waals surface area contributed by atoms with Crippen LogP contribution in [0, 0.1) is 0 Å². The molecule has 2 rings (SSSR count). The van der Waals surface area contributed by atoms with E-state index in [1.165, 1.54) is 12.5 Å². The van der Waals surface area contributed by atoms with E-state index in [0.29, 0.717) is 0 Å². The minimum atomic E-state index is -3.68. The van der Waals surface area contributed by atoms with Gasteiger partial charge in [0.2, 0.25) is 5.91 Å². The molecule has 0 radical (unpaired) electrons. The first-order valence-corrected chi connectivity index (χ1v) is 6.62. The molecular weight excluding hydrogens is 226 g/mol.